The van der Waals surface area contributed by atoms with E-state index < -0.39 is 5.97 Å². The zero-order chi connectivity index (χ0) is 16.9. The van der Waals surface area contributed by atoms with Crippen molar-refractivity contribution in [1.82, 2.24) is 0 Å². The lowest BCUT2D eigenvalue weighted by Crippen LogP contribution is -2.17. The number of carbonyl (C=O) groups is 1. The maximum absolute atomic E-state index is 11.4. The maximum atomic E-state index is 11.4. The number of hydrogen-bond acceptors (Lipinski definition) is 4. The Bertz CT molecular complexity index is 455. The molecule has 0 bridgehead atoms. The van der Waals surface area contributed by atoms with Crippen molar-refractivity contribution in [2.24, 2.45) is 11.7 Å². The molecule has 1 aromatic rings. The van der Waals surface area contributed by atoms with Gasteiger partial charge in [-0.2, -0.15) is 0 Å². The average molecular weight is 339 g/mol. The number of carboxylic acids is 1. The van der Waals surface area contributed by atoms with Gasteiger partial charge in [0.1, 0.15) is 0 Å². The third-order valence-corrected chi connectivity index (χ3v) is 4.35. The average Bonchev–Trinajstić information content (AvgIpc) is 2.54. The van der Waals surface area contributed by atoms with E-state index in [4.69, 9.17) is 10.3 Å². The highest BCUT2D eigenvalue weighted by molar-refractivity contribution is 7.17. The molecule has 0 aromatic heterocycles. The fourth-order valence-corrected chi connectivity index (χ4v) is 3.01. The van der Waals surface area contributed by atoms with Crippen LogP contribution < -0.4 is 5.73 Å². The highest BCUT2D eigenvalue weighted by Crippen LogP contribution is 2.20. The minimum atomic E-state index is -0.740. The van der Waals surface area contributed by atoms with E-state index >= 15 is 0 Å². The third-order valence-electron chi connectivity index (χ3n) is 3.97. The molecule has 2 atom stereocenters. The topological polar surface area (TPSA) is 89.6 Å². The molecule has 0 saturated carbocycles. The minimum Gasteiger partial charge on any atom is -0.481 e. The quantitative estimate of drug-likeness (QED) is 0.533. The first kappa shape index (κ1) is 19.8. The van der Waals surface area contributed by atoms with Crippen molar-refractivity contribution >= 4 is 14.7 Å². The predicted octanol–water partition coefficient (Wildman–Crippen LogP) is 3.82. The first-order chi connectivity index (χ1) is 11.2. The molecule has 0 radical (unpaired) electrons. The van der Waals surface area contributed by atoms with E-state index in [2.05, 4.69) is 12.1 Å². The van der Waals surface area contributed by atoms with Crippen LogP contribution in [0, 0.1) is 5.92 Å². The molecule has 0 amide bonds. The van der Waals surface area contributed by atoms with E-state index in [1.807, 2.05) is 18.2 Å². The summed E-state index contributed by atoms with van der Waals surface area (Å²) in [5, 5.41) is 9.34. The van der Waals surface area contributed by atoms with Crippen molar-refractivity contribution in [3.05, 3.63) is 35.9 Å². The van der Waals surface area contributed by atoms with Gasteiger partial charge in [0.2, 0.25) is 0 Å². The van der Waals surface area contributed by atoms with E-state index in [0.29, 0.717) is 32.2 Å². The second-order valence-electron chi connectivity index (χ2n) is 5.72. The lowest BCUT2D eigenvalue weighted by Gasteiger charge is -2.15. The number of hydrogen-bond donors (Lipinski definition) is 2. The zero-order valence-electron chi connectivity index (χ0n) is 13.4. The van der Waals surface area contributed by atoms with Crippen LogP contribution in [0.2, 0.25) is 0 Å². The summed E-state index contributed by atoms with van der Waals surface area (Å²) >= 11 is 0. The largest absolute Gasteiger partial charge is 0.481 e. The smallest absolute Gasteiger partial charge is 0.327 e. The van der Waals surface area contributed by atoms with E-state index in [0.717, 1.165) is 19.3 Å². The highest BCUT2D eigenvalue weighted by Gasteiger charge is 2.18. The lowest BCUT2D eigenvalue weighted by molar-refractivity contribution is -0.142. The van der Waals surface area contributed by atoms with Gasteiger partial charge in [-0.05, 0) is 57.1 Å². The van der Waals surface area contributed by atoms with Crippen LogP contribution in [0.5, 0.6) is 0 Å². The summed E-state index contributed by atoms with van der Waals surface area (Å²) in [6.07, 6.45) is 4.97. The molecule has 6 heteroatoms. The summed E-state index contributed by atoms with van der Waals surface area (Å²) in [6.45, 7) is 0.472. The van der Waals surface area contributed by atoms with Gasteiger partial charge in [-0.1, -0.05) is 30.3 Å². The Labute approximate surface area is 139 Å². The first-order valence-corrected chi connectivity index (χ1v) is 8.85. The molecule has 0 heterocycles. The lowest BCUT2D eigenvalue weighted by atomic mass is 9.93. The Morgan fingerprint density at radius 3 is 2.43 bits per heavy atom. The summed E-state index contributed by atoms with van der Waals surface area (Å²) in [4.78, 5) is 11.4. The SMILES string of the molecule is NCCC(CCCC(CCCc1ccccc1)C(=O)O)OP=O. The molecular weight excluding hydrogens is 313 g/mol. The second kappa shape index (κ2) is 12.2. The molecule has 0 spiro atoms. The fourth-order valence-electron chi connectivity index (χ4n) is 2.68. The minimum absolute atomic E-state index is 0.155. The van der Waals surface area contributed by atoms with Gasteiger partial charge in [-0.3, -0.25) is 9.32 Å². The zero-order valence-corrected chi connectivity index (χ0v) is 14.3. The van der Waals surface area contributed by atoms with Crippen molar-refractivity contribution in [2.45, 2.75) is 51.0 Å². The number of rotatable bonds is 13. The summed E-state index contributed by atoms with van der Waals surface area (Å²) < 4.78 is 15.6. The van der Waals surface area contributed by atoms with Crippen LogP contribution in [0.4, 0.5) is 0 Å². The number of aryl methyl sites for hydroxylation is 1. The molecule has 128 valence electrons. The Balaban J connectivity index is 2.31. The van der Waals surface area contributed by atoms with Crippen molar-refractivity contribution in [2.75, 3.05) is 6.54 Å². The van der Waals surface area contributed by atoms with Gasteiger partial charge in [0, 0.05) is 0 Å². The molecule has 23 heavy (non-hydrogen) atoms. The number of carboxylic acid groups (broad SMARTS) is 1. The second-order valence-corrected chi connectivity index (χ2v) is 6.08. The van der Waals surface area contributed by atoms with Crippen LogP contribution in [-0.4, -0.2) is 23.7 Å². The summed E-state index contributed by atoms with van der Waals surface area (Å²) in [5.41, 5.74) is 6.72. The van der Waals surface area contributed by atoms with Crippen LogP contribution in [0.1, 0.15) is 44.1 Å². The van der Waals surface area contributed by atoms with Crippen molar-refractivity contribution in [1.29, 1.82) is 0 Å². The normalized spacial score (nSPS) is 13.8. The van der Waals surface area contributed by atoms with Gasteiger partial charge >= 0.3 is 14.7 Å². The molecule has 5 nitrogen and oxygen atoms in total. The van der Waals surface area contributed by atoms with E-state index in [-0.39, 0.29) is 20.7 Å². The monoisotopic (exact) mass is 339 g/mol. The van der Waals surface area contributed by atoms with Crippen LogP contribution >= 0.6 is 8.69 Å². The standard InChI is InChI=1S/C17H26NO4P/c18-13-12-16(22-23-21)11-5-10-15(17(19)20)9-4-8-14-6-2-1-3-7-14/h1-3,6-7,15-16H,4-5,8-13,18H2,(H,19,20). The van der Waals surface area contributed by atoms with Crippen molar-refractivity contribution in [3.8, 4) is 0 Å². The summed E-state index contributed by atoms with van der Waals surface area (Å²) in [5.74, 6) is -1.07. The van der Waals surface area contributed by atoms with Gasteiger partial charge in [-0.25, -0.2) is 4.57 Å². The first-order valence-electron chi connectivity index (χ1n) is 8.12. The van der Waals surface area contributed by atoms with E-state index in [1.54, 1.807) is 0 Å². The Hall–Kier alpha value is -1.29. The fraction of sp³-hybridized carbons (Fsp3) is 0.588. The van der Waals surface area contributed by atoms with Gasteiger partial charge in [-0.15, -0.1) is 0 Å². The third kappa shape index (κ3) is 8.80. The number of nitrogens with two attached hydrogens (primary N) is 1. The van der Waals surface area contributed by atoms with Crippen LogP contribution in [0.25, 0.3) is 0 Å². The molecule has 0 aliphatic carbocycles. The van der Waals surface area contributed by atoms with E-state index in [9.17, 15) is 14.5 Å². The van der Waals surface area contributed by atoms with Crippen LogP contribution in [0.15, 0.2) is 30.3 Å². The van der Waals surface area contributed by atoms with Gasteiger partial charge in [0.25, 0.3) is 0 Å². The summed E-state index contributed by atoms with van der Waals surface area (Å²) in [7, 11) is -0.342. The molecule has 0 aliphatic heterocycles. The summed E-state index contributed by atoms with van der Waals surface area (Å²) in [6, 6.07) is 10.1. The Kier molecular flexibility index (Phi) is 10.5. The Morgan fingerprint density at radius 1 is 1.13 bits per heavy atom. The molecular formula is C17H26NO4P. The molecule has 3 N–H and O–H groups in total. The molecule has 2 unspecified atom stereocenters. The Morgan fingerprint density at radius 2 is 1.83 bits per heavy atom. The molecule has 0 saturated heterocycles. The molecule has 1 aromatic carbocycles. The van der Waals surface area contributed by atoms with Crippen molar-refractivity contribution < 1.29 is 19.0 Å². The van der Waals surface area contributed by atoms with Gasteiger partial charge < -0.3 is 10.8 Å². The van der Waals surface area contributed by atoms with Gasteiger partial charge in [0.15, 0.2) is 0 Å². The van der Waals surface area contributed by atoms with E-state index in [1.165, 1.54) is 5.56 Å². The van der Waals surface area contributed by atoms with Crippen molar-refractivity contribution in [3.63, 3.8) is 0 Å². The number of aliphatic carboxylic acids is 1. The van der Waals surface area contributed by atoms with Crippen LogP contribution in [0.3, 0.4) is 0 Å². The molecule has 0 fully saturated rings. The highest BCUT2D eigenvalue weighted by atomic mass is 31.1. The molecule has 1 rings (SSSR count). The maximum Gasteiger partial charge on any atom is 0.327 e. The number of benzene rings is 1. The molecule has 0 aliphatic rings. The van der Waals surface area contributed by atoms with Crippen LogP contribution in [-0.2, 0) is 20.3 Å². The van der Waals surface area contributed by atoms with Gasteiger partial charge in [0.05, 0.1) is 12.0 Å². The predicted molar refractivity (Wildman–Crippen MR) is 90.5 cm³/mol.